The maximum Gasteiger partial charge on any atom is 0.344 e. The van der Waals surface area contributed by atoms with E-state index in [-0.39, 0.29) is 17.9 Å². The minimum Gasteiger partial charge on any atom is -0.462 e. The molecule has 0 radical (unpaired) electrons. The molecule has 1 N–H and O–H groups in total. The Bertz CT molecular complexity index is 1540. The minimum absolute atomic E-state index is 0.192. The van der Waals surface area contributed by atoms with Crippen LogP contribution in [0, 0.1) is 11.3 Å². The third-order valence-corrected chi connectivity index (χ3v) is 5.45. The maximum absolute atomic E-state index is 13.0. The summed E-state index contributed by atoms with van der Waals surface area (Å²) in [6.45, 7) is 1.97. The number of nitriles is 1. The van der Waals surface area contributed by atoms with E-state index in [1.54, 1.807) is 55.5 Å². The maximum atomic E-state index is 13.0. The molecular formula is C30H22N2O5. The molecule has 4 rings (SSSR count). The van der Waals surface area contributed by atoms with Gasteiger partial charge in [0.05, 0.1) is 17.7 Å². The summed E-state index contributed by atoms with van der Waals surface area (Å²) in [6.07, 6.45) is 1.36. The number of nitrogens with zero attached hydrogens (tertiary/aromatic N) is 1. The summed E-state index contributed by atoms with van der Waals surface area (Å²) < 4.78 is 10.6. The number of esters is 2. The highest BCUT2D eigenvalue weighted by molar-refractivity contribution is 6.10. The summed E-state index contributed by atoms with van der Waals surface area (Å²) in [6, 6.07) is 27.5. The van der Waals surface area contributed by atoms with Crippen molar-refractivity contribution in [1.29, 1.82) is 5.26 Å². The van der Waals surface area contributed by atoms with Gasteiger partial charge in [-0.05, 0) is 60.2 Å². The molecule has 0 heterocycles. The Morgan fingerprint density at radius 3 is 2.32 bits per heavy atom. The van der Waals surface area contributed by atoms with Crippen LogP contribution in [0.1, 0.15) is 33.2 Å². The van der Waals surface area contributed by atoms with Gasteiger partial charge in [0.1, 0.15) is 17.4 Å². The second-order valence-electron chi connectivity index (χ2n) is 7.88. The largest absolute Gasteiger partial charge is 0.462 e. The van der Waals surface area contributed by atoms with E-state index >= 15 is 0 Å². The van der Waals surface area contributed by atoms with Crippen LogP contribution >= 0.6 is 0 Å². The van der Waals surface area contributed by atoms with Crippen LogP contribution in [-0.2, 0) is 9.53 Å². The number of anilines is 1. The first-order valence-electron chi connectivity index (χ1n) is 11.5. The Balaban J connectivity index is 1.54. The fraction of sp³-hybridized carbons (Fsp3) is 0.0667. The average molecular weight is 491 g/mol. The second kappa shape index (κ2) is 11.5. The van der Waals surface area contributed by atoms with Gasteiger partial charge in [-0.3, -0.25) is 4.79 Å². The van der Waals surface area contributed by atoms with Gasteiger partial charge in [0.25, 0.3) is 5.91 Å². The van der Waals surface area contributed by atoms with Crippen molar-refractivity contribution < 1.29 is 23.9 Å². The van der Waals surface area contributed by atoms with Crippen LogP contribution in [0.5, 0.6) is 5.75 Å². The Morgan fingerprint density at radius 2 is 1.57 bits per heavy atom. The van der Waals surface area contributed by atoms with Gasteiger partial charge in [0, 0.05) is 11.3 Å². The summed E-state index contributed by atoms with van der Waals surface area (Å²) in [5.74, 6) is -1.46. The molecule has 0 bridgehead atoms. The van der Waals surface area contributed by atoms with E-state index < -0.39 is 17.8 Å². The van der Waals surface area contributed by atoms with Crippen LogP contribution in [0.4, 0.5) is 5.69 Å². The number of para-hydroxylation sites is 1. The van der Waals surface area contributed by atoms with Gasteiger partial charge in [-0.2, -0.15) is 5.26 Å². The van der Waals surface area contributed by atoms with Crippen LogP contribution in [0.15, 0.2) is 96.6 Å². The molecule has 182 valence electrons. The molecule has 0 spiro atoms. The topological polar surface area (TPSA) is 105 Å². The van der Waals surface area contributed by atoms with Gasteiger partial charge in [0.2, 0.25) is 0 Å². The van der Waals surface area contributed by atoms with Gasteiger partial charge >= 0.3 is 11.9 Å². The lowest BCUT2D eigenvalue weighted by atomic mass is 10.0. The Labute approximate surface area is 213 Å². The third kappa shape index (κ3) is 5.89. The van der Waals surface area contributed by atoms with E-state index in [1.165, 1.54) is 18.2 Å². The number of amides is 1. The molecule has 0 aliphatic rings. The molecule has 0 fully saturated rings. The van der Waals surface area contributed by atoms with Crippen molar-refractivity contribution in [2.75, 3.05) is 11.9 Å². The van der Waals surface area contributed by atoms with E-state index in [2.05, 4.69) is 5.32 Å². The van der Waals surface area contributed by atoms with Crippen LogP contribution in [-0.4, -0.2) is 24.5 Å². The summed E-state index contributed by atoms with van der Waals surface area (Å²) in [5.41, 5.74) is 1.35. The van der Waals surface area contributed by atoms with Gasteiger partial charge in [-0.15, -0.1) is 0 Å². The molecule has 0 aromatic heterocycles. The number of benzene rings is 4. The lowest BCUT2D eigenvalue weighted by Crippen LogP contribution is -2.14. The summed E-state index contributed by atoms with van der Waals surface area (Å²) >= 11 is 0. The van der Waals surface area contributed by atoms with E-state index in [0.717, 1.165) is 10.8 Å². The van der Waals surface area contributed by atoms with Gasteiger partial charge in [0.15, 0.2) is 0 Å². The molecule has 0 aliphatic heterocycles. The normalized spacial score (nSPS) is 10.9. The SMILES string of the molecule is CCOC(=O)c1ccc(NC(=O)/C(C#N)=C/c2ccccc2OC(=O)c2cccc3ccccc23)cc1. The third-order valence-electron chi connectivity index (χ3n) is 5.45. The monoisotopic (exact) mass is 490 g/mol. The highest BCUT2D eigenvalue weighted by Crippen LogP contribution is 2.25. The fourth-order valence-electron chi connectivity index (χ4n) is 3.66. The van der Waals surface area contributed by atoms with Crippen molar-refractivity contribution in [3.8, 4) is 11.8 Å². The first-order chi connectivity index (χ1) is 18.0. The molecule has 37 heavy (non-hydrogen) atoms. The standard InChI is InChI=1S/C30H22N2O5/c1-2-36-29(34)21-14-16-24(17-15-21)32-28(33)23(19-31)18-22-9-4-6-13-27(22)37-30(35)26-12-7-10-20-8-3-5-11-25(20)26/h3-18H,2H2,1H3,(H,32,33)/b23-18+. The number of carbonyl (C=O) groups excluding carboxylic acids is 3. The number of rotatable bonds is 7. The van der Waals surface area contributed by atoms with Crippen molar-refractivity contribution in [3.05, 3.63) is 113 Å². The first-order valence-corrected chi connectivity index (χ1v) is 11.5. The number of hydrogen-bond acceptors (Lipinski definition) is 6. The summed E-state index contributed by atoms with van der Waals surface area (Å²) in [7, 11) is 0. The number of hydrogen-bond donors (Lipinski definition) is 1. The zero-order valence-electron chi connectivity index (χ0n) is 19.9. The highest BCUT2D eigenvalue weighted by atomic mass is 16.5. The van der Waals surface area contributed by atoms with Crippen LogP contribution in [0.3, 0.4) is 0 Å². The Morgan fingerprint density at radius 1 is 0.865 bits per heavy atom. The number of carbonyl (C=O) groups is 3. The predicted octanol–water partition coefficient (Wildman–Crippen LogP) is 5.78. The lowest BCUT2D eigenvalue weighted by Gasteiger charge is -2.10. The van der Waals surface area contributed by atoms with Crippen molar-refractivity contribution in [1.82, 2.24) is 0 Å². The second-order valence-corrected chi connectivity index (χ2v) is 7.88. The Kier molecular flexibility index (Phi) is 7.72. The lowest BCUT2D eigenvalue weighted by molar-refractivity contribution is -0.112. The van der Waals surface area contributed by atoms with Crippen LogP contribution < -0.4 is 10.1 Å². The number of nitrogens with one attached hydrogen (secondary N) is 1. The molecule has 0 atom stereocenters. The molecule has 1 amide bonds. The molecular weight excluding hydrogens is 468 g/mol. The van der Waals surface area contributed by atoms with Crippen molar-refractivity contribution in [2.45, 2.75) is 6.92 Å². The molecule has 0 unspecified atom stereocenters. The zero-order chi connectivity index (χ0) is 26.2. The quantitative estimate of drug-likeness (QED) is 0.152. The van der Waals surface area contributed by atoms with E-state index in [1.807, 2.05) is 36.4 Å². The molecule has 7 heteroatoms. The molecule has 7 nitrogen and oxygen atoms in total. The molecule has 4 aromatic rings. The molecule has 0 aliphatic carbocycles. The van der Waals surface area contributed by atoms with Gasteiger partial charge in [-0.1, -0.05) is 54.6 Å². The first kappa shape index (κ1) is 24.9. The van der Waals surface area contributed by atoms with Crippen molar-refractivity contribution in [3.63, 3.8) is 0 Å². The van der Waals surface area contributed by atoms with Crippen LogP contribution in [0.25, 0.3) is 16.8 Å². The number of fused-ring (bicyclic) bond motifs is 1. The summed E-state index contributed by atoms with van der Waals surface area (Å²) in [5, 5.41) is 13.9. The highest BCUT2D eigenvalue weighted by Gasteiger charge is 2.16. The average Bonchev–Trinajstić information content (AvgIpc) is 2.92. The Hall–Kier alpha value is -5.22. The minimum atomic E-state index is -0.651. The smallest absolute Gasteiger partial charge is 0.344 e. The fourth-order valence-corrected chi connectivity index (χ4v) is 3.66. The summed E-state index contributed by atoms with van der Waals surface area (Å²) in [4.78, 5) is 37.6. The van der Waals surface area contributed by atoms with Crippen molar-refractivity contribution in [2.24, 2.45) is 0 Å². The number of ether oxygens (including phenoxy) is 2. The predicted molar refractivity (Wildman–Crippen MR) is 140 cm³/mol. The van der Waals surface area contributed by atoms with E-state index in [9.17, 15) is 19.6 Å². The molecule has 0 saturated carbocycles. The molecule has 0 saturated heterocycles. The van der Waals surface area contributed by atoms with Crippen LogP contribution in [0.2, 0.25) is 0 Å². The van der Waals surface area contributed by atoms with Crippen molar-refractivity contribution >= 4 is 40.4 Å². The van der Waals surface area contributed by atoms with E-state index in [4.69, 9.17) is 9.47 Å². The zero-order valence-corrected chi connectivity index (χ0v) is 19.9. The molecule has 4 aromatic carbocycles. The van der Waals surface area contributed by atoms with Gasteiger partial charge < -0.3 is 14.8 Å². The van der Waals surface area contributed by atoms with E-state index in [0.29, 0.717) is 22.4 Å². The van der Waals surface area contributed by atoms with Gasteiger partial charge in [-0.25, -0.2) is 9.59 Å².